The van der Waals surface area contributed by atoms with Crippen LogP contribution in [-0.4, -0.2) is 52.5 Å². The number of likely N-dealkylation sites (tertiary alicyclic amines) is 1. The Morgan fingerprint density at radius 3 is 2.56 bits per heavy atom. The SMILES string of the molecule is O=C(COc1ccc(Cl)cc1)NCCCCCc1nc2ccccc2n1CC(=O)N1CCCC1. The van der Waals surface area contributed by atoms with Crippen molar-refractivity contribution in [3.63, 3.8) is 0 Å². The summed E-state index contributed by atoms with van der Waals surface area (Å²) < 4.78 is 7.53. The number of fused-ring (bicyclic) bond motifs is 1. The molecular formula is C26H31ClN4O3. The van der Waals surface area contributed by atoms with Crippen LogP contribution in [0.1, 0.15) is 37.9 Å². The van der Waals surface area contributed by atoms with Gasteiger partial charge in [-0.1, -0.05) is 30.2 Å². The van der Waals surface area contributed by atoms with Crippen LogP contribution in [0.25, 0.3) is 11.0 Å². The van der Waals surface area contributed by atoms with Gasteiger partial charge in [-0.3, -0.25) is 9.59 Å². The lowest BCUT2D eigenvalue weighted by Gasteiger charge is -2.17. The lowest BCUT2D eigenvalue weighted by Crippen LogP contribution is -2.31. The van der Waals surface area contributed by atoms with Crippen LogP contribution in [0, 0.1) is 0 Å². The summed E-state index contributed by atoms with van der Waals surface area (Å²) >= 11 is 5.84. The van der Waals surface area contributed by atoms with Gasteiger partial charge in [0.1, 0.15) is 18.1 Å². The number of rotatable bonds is 11. The molecule has 4 rings (SSSR count). The van der Waals surface area contributed by atoms with Gasteiger partial charge in [-0.25, -0.2) is 4.98 Å². The highest BCUT2D eigenvalue weighted by atomic mass is 35.5. The van der Waals surface area contributed by atoms with Crippen molar-refractivity contribution in [2.45, 2.75) is 45.1 Å². The van der Waals surface area contributed by atoms with Gasteiger partial charge in [0.05, 0.1) is 11.0 Å². The molecule has 180 valence electrons. The summed E-state index contributed by atoms with van der Waals surface area (Å²) in [5.41, 5.74) is 1.94. The first-order chi connectivity index (χ1) is 16.6. The molecule has 0 atom stereocenters. The lowest BCUT2D eigenvalue weighted by molar-refractivity contribution is -0.130. The van der Waals surface area contributed by atoms with Crippen molar-refractivity contribution >= 4 is 34.4 Å². The molecule has 2 heterocycles. The van der Waals surface area contributed by atoms with Crippen molar-refractivity contribution in [3.05, 3.63) is 59.4 Å². The molecule has 0 unspecified atom stereocenters. The Morgan fingerprint density at radius 1 is 1.00 bits per heavy atom. The van der Waals surface area contributed by atoms with Crippen LogP contribution in [0.3, 0.4) is 0 Å². The number of ether oxygens (including phenoxy) is 1. The number of para-hydroxylation sites is 2. The zero-order chi connectivity index (χ0) is 23.8. The van der Waals surface area contributed by atoms with Crippen molar-refractivity contribution in [3.8, 4) is 5.75 Å². The number of hydrogen-bond acceptors (Lipinski definition) is 4. The Balaban J connectivity index is 1.21. The molecule has 1 aliphatic heterocycles. The third-order valence-corrected chi connectivity index (χ3v) is 6.32. The second-order valence-corrected chi connectivity index (χ2v) is 9.03. The van der Waals surface area contributed by atoms with Crippen LogP contribution in [0.5, 0.6) is 5.75 Å². The molecule has 1 fully saturated rings. The van der Waals surface area contributed by atoms with Gasteiger partial charge in [0, 0.05) is 31.1 Å². The number of unbranched alkanes of at least 4 members (excludes halogenated alkanes) is 2. The Labute approximate surface area is 205 Å². The van der Waals surface area contributed by atoms with Gasteiger partial charge in [0.25, 0.3) is 5.91 Å². The monoisotopic (exact) mass is 482 g/mol. The summed E-state index contributed by atoms with van der Waals surface area (Å²) in [7, 11) is 0. The van der Waals surface area contributed by atoms with Gasteiger partial charge >= 0.3 is 0 Å². The zero-order valence-corrected chi connectivity index (χ0v) is 20.1. The molecule has 8 heteroatoms. The lowest BCUT2D eigenvalue weighted by atomic mass is 10.2. The highest BCUT2D eigenvalue weighted by Gasteiger charge is 2.20. The molecular weight excluding hydrogens is 452 g/mol. The van der Waals surface area contributed by atoms with Crippen LogP contribution in [-0.2, 0) is 22.6 Å². The standard InChI is InChI=1S/C26H31ClN4O3/c27-20-11-13-21(14-12-20)34-19-25(32)28-15-5-1-2-10-24-29-22-8-3-4-9-23(22)31(24)18-26(33)30-16-6-7-17-30/h3-4,8-9,11-14H,1-2,5-7,10,15-19H2,(H,28,32). The van der Waals surface area contributed by atoms with E-state index in [9.17, 15) is 9.59 Å². The number of aryl methyl sites for hydroxylation is 1. The van der Waals surface area contributed by atoms with Crippen LogP contribution < -0.4 is 10.1 Å². The molecule has 0 bridgehead atoms. The second kappa shape index (κ2) is 11.9. The Hall–Kier alpha value is -3.06. The number of nitrogens with zero attached hydrogens (tertiary/aromatic N) is 3. The molecule has 34 heavy (non-hydrogen) atoms. The van der Waals surface area contributed by atoms with Gasteiger partial charge in [-0.15, -0.1) is 0 Å². The van der Waals surface area contributed by atoms with Crippen molar-refractivity contribution in [1.29, 1.82) is 0 Å². The second-order valence-electron chi connectivity index (χ2n) is 8.59. The number of hydrogen-bond donors (Lipinski definition) is 1. The molecule has 2 amide bonds. The summed E-state index contributed by atoms with van der Waals surface area (Å²) in [6, 6.07) is 14.9. The van der Waals surface area contributed by atoms with Crippen LogP contribution >= 0.6 is 11.6 Å². The third-order valence-electron chi connectivity index (χ3n) is 6.07. The van der Waals surface area contributed by atoms with Gasteiger partial charge in [0.15, 0.2) is 6.61 Å². The largest absolute Gasteiger partial charge is 0.484 e. The topological polar surface area (TPSA) is 76.5 Å². The number of benzene rings is 2. The normalized spacial score (nSPS) is 13.4. The van der Waals surface area contributed by atoms with E-state index in [1.807, 2.05) is 29.2 Å². The quantitative estimate of drug-likeness (QED) is 0.415. The maximum absolute atomic E-state index is 12.8. The van der Waals surface area contributed by atoms with Crippen molar-refractivity contribution in [1.82, 2.24) is 19.8 Å². The number of imidazole rings is 1. The molecule has 1 saturated heterocycles. The molecule has 0 aliphatic carbocycles. The zero-order valence-electron chi connectivity index (χ0n) is 19.3. The maximum atomic E-state index is 12.8. The summed E-state index contributed by atoms with van der Waals surface area (Å²) in [4.78, 5) is 31.5. The first-order valence-corrected chi connectivity index (χ1v) is 12.3. The molecule has 1 aromatic heterocycles. The van der Waals surface area contributed by atoms with E-state index in [2.05, 4.69) is 9.88 Å². The first kappa shape index (κ1) is 24.1. The van der Waals surface area contributed by atoms with E-state index in [4.69, 9.17) is 21.3 Å². The van der Waals surface area contributed by atoms with Crippen LogP contribution in [0.15, 0.2) is 48.5 Å². The molecule has 2 aromatic carbocycles. The average molecular weight is 483 g/mol. The molecule has 3 aromatic rings. The van der Waals surface area contributed by atoms with Crippen molar-refractivity contribution in [2.75, 3.05) is 26.2 Å². The summed E-state index contributed by atoms with van der Waals surface area (Å²) in [5, 5.41) is 3.52. The minimum absolute atomic E-state index is 0.0172. The molecule has 7 nitrogen and oxygen atoms in total. The molecule has 1 N–H and O–H groups in total. The summed E-state index contributed by atoms with van der Waals surface area (Å²) in [5.74, 6) is 1.60. The highest BCUT2D eigenvalue weighted by molar-refractivity contribution is 6.30. The van der Waals surface area contributed by atoms with Gasteiger partial charge in [-0.05, 0) is 62.1 Å². The first-order valence-electron chi connectivity index (χ1n) is 12.0. The van der Waals surface area contributed by atoms with Gasteiger partial charge < -0.3 is 19.5 Å². The number of aromatic nitrogens is 2. The van der Waals surface area contributed by atoms with E-state index in [0.29, 0.717) is 23.9 Å². The Bertz CT molecular complexity index is 1110. The molecule has 0 radical (unpaired) electrons. The smallest absolute Gasteiger partial charge is 0.257 e. The molecule has 0 saturated carbocycles. The number of carbonyl (C=O) groups is 2. The predicted molar refractivity (Wildman–Crippen MR) is 133 cm³/mol. The number of nitrogens with one attached hydrogen (secondary N) is 1. The fraction of sp³-hybridized carbons (Fsp3) is 0.423. The predicted octanol–water partition coefficient (Wildman–Crippen LogP) is 4.22. The Kier molecular flexibility index (Phi) is 8.41. The van der Waals surface area contributed by atoms with E-state index >= 15 is 0 Å². The highest BCUT2D eigenvalue weighted by Crippen LogP contribution is 2.19. The van der Waals surface area contributed by atoms with E-state index in [1.54, 1.807) is 24.3 Å². The van der Waals surface area contributed by atoms with Gasteiger partial charge in [-0.2, -0.15) is 0 Å². The summed E-state index contributed by atoms with van der Waals surface area (Å²) in [6.07, 6.45) is 5.76. The van der Waals surface area contributed by atoms with E-state index in [1.165, 1.54) is 0 Å². The van der Waals surface area contributed by atoms with Crippen LogP contribution in [0.2, 0.25) is 5.02 Å². The number of amides is 2. The van der Waals surface area contributed by atoms with Crippen molar-refractivity contribution < 1.29 is 14.3 Å². The molecule has 0 spiro atoms. The van der Waals surface area contributed by atoms with E-state index in [-0.39, 0.29) is 18.4 Å². The average Bonchev–Trinajstić information content (AvgIpc) is 3.50. The third kappa shape index (κ3) is 6.50. The van der Waals surface area contributed by atoms with E-state index < -0.39 is 0 Å². The number of carbonyl (C=O) groups excluding carboxylic acids is 2. The summed E-state index contributed by atoms with van der Waals surface area (Å²) in [6.45, 7) is 2.65. The number of halogens is 1. The minimum Gasteiger partial charge on any atom is -0.484 e. The molecule has 1 aliphatic rings. The van der Waals surface area contributed by atoms with Gasteiger partial charge in [0.2, 0.25) is 5.91 Å². The minimum atomic E-state index is -0.142. The fourth-order valence-electron chi connectivity index (χ4n) is 4.24. The fourth-order valence-corrected chi connectivity index (χ4v) is 4.36. The van der Waals surface area contributed by atoms with Crippen molar-refractivity contribution in [2.24, 2.45) is 0 Å². The van der Waals surface area contributed by atoms with Crippen LogP contribution in [0.4, 0.5) is 0 Å². The maximum Gasteiger partial charge on any atom is 0.257 e. The van der Waals surface area contributed by atoms with E-state index in [0.717, 1.165) is 68.5 Å². The Morgan fingerprint density at radius 2 is 1.76 bits per heavy atom.